The fourth-order valence-electron chi connectivity index (χ4n) is 3.22. The Balaban J connectivity index is 2.03. The smallest absolute Gasteiger partial charge is 0.337 e. The van der Waals surface area contributed by atoms with Crippen LogP contribution in [0.2, 0.25) is 5.02 Å². The number of allylic oxidation sites excluding steroid dienone is 2. The number of carbonyl (C=O) groups excluding carboxylic acids is 2. The summed E-state index contributed by atoms with van der Waals surface area (Å²) in [5, 5.41) is 9.20. The molecule has 1 fully saturated rings. The highest BCUT2D eigenvalue weighted by Gasteiger charge is 2.50. The van der Waals surface area contributed by atoms with Gasteiger partial charge >= 0.3 is 5.97 Å². The van der Waals surface area contributed by atoms with Crippen molar-refractivity contribution in [3.63, 3.8) is 0 Å². The predicted molar refractivity (Wildman–Crippen MR) is 80.8 cm³/mol. The summed E-state index contributed by atoms with van der Waals surface area (Å²) >= 11 is 5.84. The summed E-state index contributed by atoms with van der Waals surface area (Å²) in [6.45, 7) is 1.91. The summed E-state index contributed by atoms with van der Waals surface area (Å²) in [5.74, 6) is -2.49. The SMILES string of the molecule is C[C@H]1C=CC[C@@H]2C(=O)N(c3ccc(Cl)c(C(=O)O)c3)C(=O)[C@@H]21. The molecule has 1 saturated heterocycles. The maximum Gasteiger partial charge on any atom is 0.337 e. The largest absolute Gasteiger partial charge is 0.478 e. The molecule has 5 nitrogen and oxygen atoms in total. The zero-order chi connectivity index (χ0) is 16.0. The average molecular weight is 320 g/mol. The molecule has 0 radical (unpaired) electrons. The van der Waals surface area contributed by atoms with Crippen molar-refractivity contribution in [1.82, 2.24) is 0 Å². The number of nitrogens with zero attached hydrogens (tertiary/aromatic N) is 1. The number of aromatic carboxylic acids is 1. The minimum atomic E-state index is -1.20. The van der Waals surface area contributed by atoms with E-state index in [9.17, 15) is 14.4 Å². The summed E-state index contributed by atoms with van der Waals surface area (Å²) in [7, 11) is 0. The van der Waals surface area contributed by atoms with Gasteiger partial charge in [0.25, 0.3) is 0 Å². The van der Waals surface area contributed by atoms with E-state index in [1.807, 2.05) is 19.1 Å². The van der Waals surface area contributed by atoms with Gasteiger partial charge in [-0.15, -0.1) is 0 Å². The molecule has 0 aromatic heterocycles. The molecule has 1 aliphatic carbocycles. The van der Waals surface area contributed by atoms with E-state index in [1.165, 1.54) is 18.2 Å². The molecule has 22 heavy (non-hydrogen) atoms. The van der Waals surface area contributed by atoms with Crippen molar-refractivity contribution in [1.29, 1.82) is 0 Å². The zero-order valence-electron chi connectivity index (χ0n) is 11.8. The van der Waals surface area contributed by atoms with Crippen LogP contribution >= 0.6 is 11.6 Å². The van der Waals surface area contributed by atoms with Gasteiger partial charge < -0.3 is 5.11 Å². The van der Waals surface area contributed by atoms with Gasteiger partial charge in [-0.2, -0.15) is 0 Å². The maximum atomic E-state index is 12.6. The van der Waals surface area contributed by atoms with Crippen LogP contribution < -0.4 is 4.90 Å². The summed E-state index contributed by atoms with van der Waals surface area (Å²) in [4.78, 5) is 37.4. The fourth-order valence-corrected chi connectivity index (χ4v) is 3.42. The Labute approximate surface area is 132 Å². The summed E-state index contributed by atoms with van der Waals surface area (Å²) in [6.07, 6.45) is 4.40. The molecule has 2 aliphatic rings. The fraction of sp³-hybridized carbons (Fsp3) is 0.312. The molecule has 1 heterocycles. The molecule has 2 amide bonds. The van der Waals surface area contributed by atoms with Crippen LogP contribution in [0.25, 0.3) is 0 Å². The molecule has 0 spiro atoms. The van der Waals surface area contributed by atoms with Gasteiger partial charge in [0, 0.05) is 0 Å². The summed E-state index contributed by atoms with van der Waals surface area (Å²) in [5.41, 5.74) is 0.138. The third-order valence-electron chi connectivity index (χ3n) is 4.31. The van der Waals surface area contributed by atoms with Crippen LogP contribution in [0.5, 0.6) is 0 Å². The van der Waals surface area contributed by atoms with Gasteiger partial charge in [0.1, 0.15) is 0 Å². The van der Waals surface area contributed by atoms with E-state index in [2.05, 4.69) is 0 Å². The Morgan fingerprint density at radius 3 is 2.68 bits per heavy atom. The van der Waals surface area contributed by atoms with Crippen molar-refractivity contribution in [2.24, 2.45) is 17.8 Å². The van der Waals surface area contributed by atoms with Crippen molar-refractivity contribution >= 4 is 35.1 Å². The standard InChI is InChI=1S/C16H14ClNO4/c1-8-3-2-4-10-13(8)15(20)18(14(10)19)9-5-6-12(17)11(7-9)16(21)22/h2-3,5-8,10,13H,4H2,1H3,(H,21,22)/t8-,10-,13+/m0/s1. The third-order valence-corrected chi connectivity index (χ3v) is 4.64. The van der Waals surface area contributed by atoms with Gasteiger partial charge in [0.15, 0.2) is 0 Å². The normalized spacial score (nSPS) is 27.2. The number of halogens is 1. The number of anilines is 1. The predicted octanol–water partition coefficient (Wildman–Crippen LogP) is 2.74. The Kier molecular flexibility index (Phi) is 3.53. The topological polar surface area (TPSA) is 74.7 Å². The van der Waals surface area contributed by atoms with Crippen molar-refractivity contribution < 1.29 is 19.5 Å². The van der Waals surface area contributed by atoms with Gasteiger partial charge in [-0.1, -0.05) is 30.7 Å². The number of benzene rings is 1. The first-order valence-electron chi connectivity index (χ1n) is 6.99. The van der Waals surface area contributed by atoms with Crippen LogP contribution in [-0.4, -0.2) is 22.9 Å². The molecule has 0 unspecified atom stereocenters. The third kappa shape index (κ3) is 2.13. The van der Waals surface area contributed by atoms with Crippen LogP contribution in [0.4, 0.5) is 5.69 Å². The van der Waals surface area contributed by atoms with Crippen LogP contribution in [0.3, 0.4) is 0 Å². The minimum Gasteiger partial charge on any atom is -0.478 e. The van der Waals surface area contributed by atoms with Crippen molar-refractivity contribution in [3.8, 4) is 0 Å². The number of imide groups is 1. The lowest BCUT2D eigenvalue weighted by molar-refractivity contribution is -0.122. The number of rotatable bonds is 2. The molecule has 1 aromatic rings. The lowest BCUT2D eigenvalue weighted by Crippen LogP contribution is -2.31. The Hall–Kier alpha value is -2.14. The molecule has 6 heteroatoms. The second-order valence-electron chi connectivity index (χ2n) is 5.64. The van der Waals surface area contributed by atoms with Gasteiger partial charge in [0.05, 0.1) is 28.1 Å². The number of hydrogen-bond donors (Lipinski definition) is 1. The Morgan fingerprint density at radius 2 is 2.05 bits per heavy atom. The number of hydrogen-bond acceptors (Lipinski definition) is 3. The van der Waals surface area contributed by atoms with E-state index in [-0.39, 0.29) is 45.8 Å². The highest BCUT2D eigenvalue weighted by atomic mass is 35.5. The number of amides is 2. The lowest BCUT2D eigenvalue weighted by atomic mass is 9.78. The van der Waals surface area contributed by atoms with Crippen molar-refractivity contribution in [3.05, 3.63) is 40.9 Å². The first kappa shape index (κ1) is 14.8. The summed E-state index contributed by atoms with van der Waals surface area (Å²) in [6, 6.07) is 4.17. The molecule has 1 aromatic carbocycles. The highest BCUT2D eigenvalue weighted by molar-refractivity contribution is 6.34. The average Bonchev–Trinajstić information content (AvgIpc) is 2.73. The van der Waals surface area contributed by atoms with Gasteiger partial charge in [-0.05, 0) is 30.5 Å². The van der Waals surface area contributed by atoms with Crippen LogP contribution in [0.1, 0.15) is 23.7 Å². The molecule has 0 saturated carbocycles. The van der Waals surface area contributed by atoms with Crippen molar-refractivity contribution in [2.45, 2.75) is 13.3 Å². The van der Waals surface area contributed by atoms with Crippen molar-refractivity contribution in [2.75, 3.05) is 4.90 Å². The van der Waals surface area contributed by atoms with E-state index in [0.717, 1.165) is 4.90 Å². The second kappa shape index (κ2) is 5.25. The van der Waals surface area contributed by atoms with E-state index >= 15 is 0 Å². The molecule has 114 valence electrons. The Morgan fingerprint density at radius 1 is 1.32 bits per heavy atom. The van der Waals surface area contributed by atoms with Gasteiger partial charge in [-0.3, -0.25) is 14.5 Å². The quantitative estimate of drug-likeness (QED) is 0.672. The number of carboxylic acids is 1. The van der Waals surface area contributed by atoms with Crippen LogP contribution in [-0.2, 0) is 9.59 Å². The number of carbonyl (C=O) groups is 3. The van der Waals surface area contributed by atoms with Gasteiger partial charge in [0.2, 0.25) is 11.8 Å². The molecule has 1 N–H and O–H groups in total. The molecule has 3 atom stereocenters. The van der Waals surface area contributed by atoms with Crippen LogP contribution in [0, 0.1) is 17.8 Å². The van der Waals surface area contributed by atoms with E-state index in [1.54, 1.807) is 0 Å². The van der Waals surface area contributed by atoms with Gasteiger partial charge in [-0.25, -0.2) is 4.79 Å². The maximum absolute atomic E-state index is 12.6. The second-order valence-corrected chi connectivity index (χ2v) is 6.04. The molecular weight excluding hydrogens is 306 g/mol. The highest BCUT2D eigenvalue weighted by Crippen LogP contribution is 2.40. The van der Waals surface area contributed by atoms with E-state index in [0.29, 0.717) is 6.42 Å². The lowest BCUT2D eigenvalue weighted by Gasteiger charge is -2.22. The van der Waals surface area contributed by atoms with E-state index in [4.69, 9.17) is 16.7 Å². The molecule has 3 rings (SSSR count). The monoisotopic (exact) mass is 319 g/mol. The first-order chi connectivity index (χ1) is 10.4. The number of carboxylic acid groups (broad SMARTS) is 1. The minimum absolute atomic E-state index is 0.00792. The first-order valence-corrected chi connectivity index (χ1v) is 7.37. The molecule has 1 aliphatic heterocycles. The zero-order valence-corrected chi connectivity index (χ0v) is 12.6. The van der Waals surface area contributed by atoms with Crippen LogP contribution in [0.15, 0.2) is 30.4 Å². The Bertz CT molecular complexity index is 712. The van der Waals surface area contributed by atoms with E-state index < -0.39 is 5.97 Å². The number of fused-ring (bicyclic) bond motifs is 1. The summed E-state index contributed by atoms with van der Waals surface area (Å²) < 4.78 is 0. The molecular formula is C16H14ClNO4. The molecule has 0 bridgehead atoms.